The molecule has 1 amide bonds. The first-order chi connectivity index (χ1) is 11.7. The highest BCUT2D eigenvalue weighted by Gasteiger charge is 2.18. The number of amides is 1. The Hall–Kier alpha value is -2.40. The van der Waals surface area contributed by atoms with Gasteiger partial charge in [-0.2, -0.15) is 0 Å². The second kappa shape index (κ2) is 7.45. The Morgan fingerprint density at radius 2 is 2.04 bits per heavy atom. The molecule has 0 unspecified atom stereocenters. The number of pyridine rings is 1. The van der Waals surface area contributed by atoms with Crippen molar-refractivity contribution in [1.82, 2.24) is 9.88 Å². The number of hydrogen-bond donors (Lipinski definition) is 1. The first-order valence-electron chi connectivity index (χ1n) is 8.41. The normalized spacial score (nSPS) is 13.5. The first-order valence-corrected chi connectivity index (χ1v) is 8.41. The Kier molecular flexibility index (Phi) is 5.11. The standard InChI is InChI=1S/C19H23N3O2/c1-2-21(11-12-23)19(24)16-7-8-18(20-13-16)22-10-9-15-5-3-4-6-17(15)14-22/h3-8,13,23H,2,9-12,14H2,1H3. The fourth-order valence-corrected chi connectivity index (χ4v) is 3.10. The van der Waals surface area contributed by atoms with Crippen LogP contribution in [0.1, 0.15) is 28.4 Å². The van der Waals surface area contributed by atoms with Gasteiger partial charge in [0.15, 0.2) is 0 Å². The molecule has 3 rings (SSSR count). The summed E-state index contributed by atoms with van der Waals surface area (Å²) in [7, 11) is 0. The maximum absolute atomic E-state index is 12.4. The molecule has 2 heterocycles. The van der Waals surface area contributed by atoms with Crippen molar-refractivity contribution in [3.8, 4) is 0 Å². The van der Waals surface area contributed by atoms with Crippen molar-refractivity contribution in [2.24, 2.45) is 0 Å². The maximum Gasteiger partial charge on any atom is 0.255 e. The van der Waals surface area contributed by atoms with Gasteiger partial charge in [-0.3, -0.25) is 4.79 Å². The molecule has 0 spiro atoms. The molecule has 0 saturated carbocycles. The fraction of sp³-hybridized carbons (Fsp3) is 0.368. The predicted octanol–water partition coefficient (Wildman–Crippen LogP) is 2.10. The van der Waals surface area contributed by atoms with Gasteiger partial charge in [-0.05, 0) is 36.6 Å². The van der Waals surface area contributed by atoms with Gasteiger partial charge >= 0.3 is 0 Å². The minimum absolute atomic E-state index is 0.0295. The Morgan fingerprint density at radius 1 is 1.25 bits per heavy atom. The number of carbonyl (C=O) groups excluding carboxylic acids is 1. The number of likely N-dealkylation sites (N-methyl/N-ethyl adjacent to an activating group) is 1. The van der Waals surface area contributed by atoms with Gasteiger partial charge in [0.2, 0.25) is 0 Å². The van der Waals surface area contributed by atoms with Gasteiger partial charge < -0.3 is 14.9 Å². The Morgan fingerprint density at radius 3 is 2.71 bits per heavy atom. The summed E-state index contributed by atoms with van der Waals surface area (Å²) in [6.07, 6.45) is 2.65. The number of hydrogen-bond acceptors (Lipinski definition) is 4. The van der Waals surface area contributed by atoms with E-state index in [1.54, 1.807) is 11.1 Å². The summed E-state index contributed by atoms with van der Waals surface area (Å²) >= 11 is 0. The summed E-state index contributed by atoms with van der Waals surface area (Å²) < 4.78 is 0. The van der Waals surface area contributed by atoms with E-state index >= 15 is 0 Å². The summed E-state index contributed by atoms with van der Waals surface area (Å²) in [5.41, 5.74) is 3.31. The number of benzene rings is 1. The molecule has 0 saturated heterocycles. The molecule has 5 nitrogen and oxygen atoms in total. The molecular formula is C19H23N3O2. The topological polar surface area (TPSA) is 56.7 Å². The molecule has 1 aromatic carbocycles. The predicted molar refractivity (Wildman–Crippen MR) is 94.1 cm³/mol. The van der Waals surface area contributed by atoms with E-state index in [1.807, 2.05) is 19.1 Å². The molecule has 0 fully saturated rings. The number of nitrogens with zero attached hydrogens (tertiary/aromatic N) is 3. The second-order valence-electron chi connectivity index (χ2n) is 5.95. The number of anilines is 1. The molecule has 0 atom stereocenters. The lowest BCUT2D eigenvalue weighted by Crippen LogP contribution is -2.34. The number of aromatic nitrogens is 1. The zero-order valence-corrected chi connectivity index (χ0v) is 14.0. The summed E-state index contributed by atoms with van der Waals surface area (Å²) in [4.78, 5) is 20.7. The van der Waals surface area contributed by atoms with E-state index in [9.17, 15) is 4.79 Å². The first kappa shape index (κ1) is 16.5. The molecule has 1 aliphatic rings. The van der Waals surface area contributed by atoms with Crippen LogP contribution >= 0.6 is 0 Å². The van der Waals surface area contributed by atoms with Crippen molar-refractivity contribution in [1.29, 1.82) is 0 Å². The zero-order valence-electron chi connectivity index (χ0n) is 14.0. The van der Waals surface area contributed by atoms with Crippen LogP contribution in [-0.2, 0) is 13.0 Å². The third-order valence-corrected chi connectivity index (χ3v) is 4.49. The number of aliphatic hydroxyl groups is 1. The number of rotatable bonds is 5. The van der Waals surface area contributed by atoms with Gasteiger partial charge in [0.25, 0.3) is 5.91 Å². The highest BCUT2D eigenvalue weighted by Crippen LogP contribution is 2.23. The number of carbonyl (C=O) groups is 1. The van der Waals surface area contributed by atoms with Gasteiger partial charge in [0, 0.05) is 32.4 Å². The van der Waals surface area contributed by atoms with E-state index in [4.69, 9.17) is 5.11 Å². The minimum atomic E-state index is -0.0883. The average molecular weight is 325 g/mol. The average Bonchev–Trinajstić information content (AvgIpc) is 2.65. The Bertz CT molecular complexity index is 700. The minimum Gasteiger partial charge on any atom is -0.395 e. The van der Waals surface area contributed by atoms with E-state index in [-0.39, 0.29) is 12.5 Å². The van der Waals surface area contributed by atoms with Crippen LogP contribution in [0.2, 0.25) is 0 Å². The molecular weight excluding hydrogens is 302 g/mol. The lowest BCUT2D eigenvalue weighted by atomic mass is 10.00. The van der Waals surface area contributed by atoms with Gasteiger partial charge in [-0.15, -0.1) is 0 Å². The van der Waals surface area contributed by atoms with Crippen molar-refractivity contribution in [2.75, 3.05) is 31.1 Å². The van der Waals surface area contributed by atoms with E-state index < -0.39 is 0 Å². The highest BCUT2D eigenvalue weighted by atomic mass is 16.3. The smallest absolute Gasteiger partial charge is 0.255 e. The lowest BCUT2D eigenvalue weighted by Gasteiger charge is -2.30. The molecule has 2 aromatic rings. The van der Waals surface area contributed by atoms with E-state index in [0.717, 1.165) is 25.3 Å². The van der Waals surface area contributed by atoms with Crippen LogP contribution in [0.5, 0.6) is 0 Å². The highest BCUT2D eigenvalue weighted by molar-refractivity contribution is 5.94. The van der Waals surface area contributed by atoms with Crippen LogP contribution in [0.25, 0.3) is 0 Å². The molecule has 0 radical (unpaired) electrons. The summed E-state index contributed by atoms with van der Waals surface area (Å²) in [6.45, 7) is 4.58. The molecule has 24 heavy (non-hydrogen) atoms. The van der Waals surface area contributed by atoms with Crippen molar-refractivity contribution < 1.29 is 9.90 Å². The third kappa shape index (κ3) is 3.41. The van der Waals surface area contributed by atoms with Crippen LogP contribution in [-0.4, -0.2) is 47.1 Å². The quantitative estimate of drug-likeness (QED) is 0.915. The maximum atomic E-state index is 12.4. The Balaban J connectivity index is 1.72. The largest absolute Gasteiger partial charge is 0.395 e. The third-order valence-electron chi connectivity index (χ3n) is 4.49. The van der Waals surface area contributed by atoms with Crippen molar-refractivity contribution >= 4 is 11.7 Å². The summed E-state index contributed by atoms with van der Waals surface area (Å²) in [5.74, 6) is 0.806. The zero-order chi connectivity index (χ0) is 16.9. The fourth-order valence-electron chi connectivity index (χ4n) is 3.10. The van der Waals surface area contributed by atoms with Crippen molar-refractivity contribution in [3.05, 3.63) is 59.3 Å². The number of aliphatic hydroxyl groups excluding tert-OH is 1. The van der Waals surface area contributed by atoms with E-state index in [1.165, 1.54) is 11.1 Å². The number of fused-ring (bicyclic) bond motifs is 1. The second-order valence-corrected chi connectivity index (χ2v) is 5.95. The molecule has 0 bridgehead atoms. The monoisotopic (exact) mass is 325 g/mol. The molecule has 1 aliphatic heterocycles. The van der Waals surface area contributed by atoms with Crippen LogP contribution in [0.15, 0.2) is 42.6 Å². The molecule has 1 N–H and O–H groups in total. The SMILES string of the molecule is CCN(CCO)C(=O)c1ccc(N2CCc3ccccc3C2)nc1. The van der Waals surface area contributed by atoms with Gasteiger partial charge in [0.1, 0.15) is 5.82 Å². The molecule has 0 aliphatic carbocycles. The van der Waals surface area contributed by atoms with Crippen LogP contribution in [0, 0.1) is 0 Å². The van der Waals surface area contributed by atoms with Gasteiger partial charge in [-0.25, -0.2) is 4.98 Å². The van der Waals surface area contributed by atoms with Gasteiger partial charge in [-0.1, -0.05) is 24.3 Å². The van der Waals surface area contributed by atoms with Gasteiger partial charge in [0.05, 0.1) is 12.2 Å². The lowest BCUT2D eigenvalue weighted by molar-refractivity contribution is 0.0731. The summed E-state index contributed by atoms with van der Waals surface area (Å²) in [5, 5.41) is 9.04. The van der Waals surface area contributed by atoms with E-state index in [0.29, 0.717) is 18.7 Å². The Labute approximate surface area is 142 Å². The van der Waals surface area contributed by atoms with Crippen LogP contribution in [0.4, 0.5) is 5.82 Å². The van der Waals surface area contributed by atoms with E-state index in [2.05, 4.69) is 34.1 Å². The molecule has 126 valence electrons. The van der Waals surface area contributed by atoms with Crippen LogP contribution < -0.4 is 4.90 Å². The van der Waals surface area contributed by atoms with Crippen LogP contribution in [0.3, 0.4) is 0 Å². The molecule has 1 aromatic heterocycles. The van der Waals surface area contributed by atoms with Crippen molar-refractivity contribution in [2.45, 2.75) is 19.9 Å². The van der Waals surface area contributed by atoms with Crippen molar-refractivity contribution in [3.63, 3.8) is 0 Å². The molecule has 5 heteroatoms. The summed E-state index contributed by atoms with van der Waals surface area (Å²) in [6, 6.07) is 12.2.